The minimum atomic E-state index is -1.08. The van der Waals surface area contributed by atoms with Crippen LogP contribution in [0.25, 0.3) is 0 Å². The molecule has 0 saturated carbocycles. The number of carbonyl (C=O) groups excluding carboxylic acids is 1. The van der Waals surface area contributed by atoms with E-state index in [-0.39, 0.29) is 23.6 Å². The van der Waals surface area contributed by atoms with Gasteiger partial charge >= 0.3 is 0 Å². The zero-order valence-corrected chi connectivity index (χ0v) is 17.5. The molecule has 0 radical (unpaired) electrons. The van der Waals surface area contributed by atoms with Gasteiger partial charge in [-0.15, -0.1) is 0 Å². The molecule has 0 spiro atoms. The van der Waals surface area contributed by atoms with Crippen molar-refractivity contribution >= 4 is 11.6 Å². The summed E-state index contributed by atoms with van der Waals surface area (Å²) in [5.74, 6) is 0.688. The summed E-state index contributed by atoms with van der Waals surface area (Å²) in [6.45, 7) is 0.786. The molecule has 0 aliphatic heterocycles. The first-order chi connectivity index (χ1) is 14.6. The van der Waals surface area contributed by atoms with Gasteiger partial charge in [-0.05, 0) is 55.0 Å². The predicted molar refractivity (Wildman–Crippen MR) is 113 cm³/mol. The predicted octanol–water partition coefficient (Wildman–Crippen LogP) is 3.99. The van der Waals surface area contributed by atoms with E-state index in [9.17, 15) is 9.18 Å². The number of hydrogen-bond donors (Lipinski definition) is 1. The molecule has 2 atom stereocenters. The van der Waals surface area contributed by atoms with Crippen LogP contribution >= 0.6 is 0 Å². The van der Waals surface area contributed by atoms with E-state index in [1.54, 1.807) is 20.3 Å². The second-order valence-electron chi connectivity index (χ2n) is 7.23. The Bertz CT molecular complexity index is 916. The number of halogens is 1. The van der Waals surface area contributed by atoms with E-state index >= 15 is 0 Å². The van der Waals surface area contributed by atoms with Crippen molar-refractivity contribution in [2.45, 2.75) is 32.2 Å². The summed E-state index contributed by atoms with van der Waals surface area (Å²) in [5, 5.41) is 6.78. The van der Waals surface area contributed by atoms with E-state index in [0.29, 0.717) is 17.9 Å². The van der Waals surface area contributed by atoms with Gasteiger partial charge < -0.3 is 19.6 Å². The minimum absolute atomic E-state index is 0.135. The molecule has 0 fully saturated rings. The highest BCUT2D eigenvalue weighted by Gasteiger charge is 2.29. The molecular formula is C23H27FN2O4. The number of oxime groups is 1. The summed E-state index contributed by atoms with van der Waals surface area (Å²) >= 11 is 0. The monoisotopic (exact) mass is 414 g/mol. The van der Waals surface area contributed by atoms with Crippen LogP contribution in [-0.4, -0.2) is 32.7 Å². The van der Waals surface area contributed by atoms with Gasteiger partial charge in [-0.3, -0.25) is 4.79 Å². The first-order valence-corrected chi connectivity index (χ1v) is 9.92. The molecule has 0 heterocycles. The van der Waals surface area contributed by atoms with Gasteiger partial charge in [0.15, 0.2) is 11.5 Å². The third kappa shape index (κ3) is 4.90. The second kappa shape index (κ2) is 10.1. The molecule has 6 nitrogen and oxygen atoms in total. The maximum absolute atomic E-state index is 13.0. The number of carbonyl (C=O) groups is 1. The van der Waals surface area contributed by atoms with Crippen molar-refractivity contribution in [2.75, 3.05) is 21.1 Å². The van der Waals surface area contributed by atoms with Crippen LogP contribution in [0.15, 0.2) is 47.6 Å². The molecule has 0 bridgehead atoms. The Hall–Kier alpha value is -3.09. The van der Waals surface area contributed by atoms with E-state index < -0.39 is 6.86 Å². The smallest absolute Gasteiger partial charge is 0.269 e. The highest BCUT2D eigenvalue weighted by molar-refractivity contribution is 6.39. The highest BCUT2D eigenvalue weighted by atomic mass is 19.1. The van der Waals surface area contributed by atoms with Gasteiger partial charge in [0.25, 0.3) is 12.8 Å². The number of nitrogens with zero attached hydrogens (tertiary/aromatic N) is 1. The number of amides is 1. The van der Waals surface area contributed by atoms with Crippen LogP contribution in [0.1, 0.15) is 36.1 Å². The second-order valence-corrected chi connectivity index (χ2v) is 7.23. The molecule has 7 heteroatoms. The Morgan fingerprint density at radius 3 is 2.60 bits per heavy atom. The van der Waals surface area contributed by atoms with Crippen molar-refractivity contribution in [3.05, 3.63) is 59.2 Å². The third-order valence-corrected chi connectivity index (χ3v) is 5.43. The molecule has 0 aromatic heterocycles. The number of methoxy groups -OCH3 is 2. The zero-order chi connectivity index (χ0) is 21.5. The fourth-order valence-corrected chi connectivity index (χ4v) is 3.80. The maximum Gasteiger partial charge on any atom is 0.269 e. The average Bonchev–Trinajstić information content (AvgIpc) is 2.78. The SMILES string of the molecule is COc1ccc(C(C)NC(=O)C(=NOCF)C2CCc3ccccc3C2)cc1OC. The minimum Gasteiger partial charge on any atom is -0.493 e. The molecule has 1 N–H and O–H groups in total. The summed E-state index contributed by atoms with van der Waals surface area (Å²) in [6, 6.07) is 13.3. The number of nitrogens with one attached hydrogen (secondary N) is 1. The number of ether oxygens (including phenoxy) is 2. The number of aryl methyl sites for hydroxylation is 1. The molecule has 1 amide bonds. The van der Waals surface area contributed by atoms with Crippen LogP contribution in [0, 0.1) is 5.92 Å². The van der Waals surface area contributed by atoms with Crippen LogP contribution in [0.3, 0.4) is 0 Å². The lowest BCUT2D eigenvalue weighted by atomic mass is 9.81. The Morgan fingerprint density at radius 1 is 1.17 bits per heavy atom. The van der Waals surface area contributed by atoms with Gasteiger partial charge in [0.2, 0.25) is 0 Å². The lowest BCUT2D eigenvalue weighted by Crippen LogP contribution is -2.39. The van der Waals surface area contributed by atoms with E-state index in [1.807, 2.05) is 31.2 Å². The van der Waals surface area contributed by atoms with Crippen molar-refractivity contribution in [3.8, 4) is 11.5 Å². The normalized spacial score (nSPS) is 16.9. The lowest BCUT2D eigenvalue weighted by Gasteiger charge is -2.26. The molecule has 160 valence electrons. The molecule has 2 unspecified atom stereocenters. The van der Waals surface area contributed by atoms with Crippen molar-refractivity contribution in [1.29, 1.82) is 0 Å². The summed E-state index contributed by atoms with van der Waals surface area (Å²) in [5.41, 5.74) is 3.52. The van der Waals surface area contributed by atoms with Crippen LogP contribution in [-0.2, 0) is 22.5 Å². The summed E-state index contributed by atoms with van der Waals surface area (Å²) in [4.78, 5) is 17.7. The van der Waals surface area contributed by atoms with Crippen molar-refractivity contribution in [2.24, 2.45) is 11.1 Å². The van der Waals surface area contributed by atoms with E-state index in [0.717, 1.165) is 18.4 Å². The van der Waals surface area contributed by atoms with E-state index in [1.165, 1.54) is 11.1 Å². The molecule has 1 aliphatic rings. The topological polar surface area (TPSA) is 69.2 Å². The number of rotatable bonds is 8. The van der Waals surface area contributed by atoms with E-state index in [4.69, 9.17) is 9.47 Å². The number of fused-ring (bicyclic) bond motifs is 1. The lowest BCUT2D eigenvalue weighted by molar-refractivity contribution is -0.116. The number of benzene rings is 2. The van der Waals surface area contributed by atoms with Gasteiger partial charge in [-0.25, -0.2) is 4.39 Å². The van der Waals surface area contributed by atoms with Gasteiger partial charge in [0.1, 0.15) is 5.71 Å². The molecule has 2 aromatic rings. The average molecular weight is 414 g/mol. The van der Waals surface area contributed by atoms with Crippen LogP contribution in [0.5, 0.6) is 11.5 Å². The number of alkyl halides is 1. The van der Waals surface area contributed by atoms with Crippen LogP contribution < -0.4 is 14.8 Å². The Morgan fingerprint density at radius 2 is 1.90 bits per heavy atom. The standard InChI is InChI=1S/C23H27FN2O4/c1-15(17-10-11-20(28-2)21(13-17)29-3)25-23(27)22(26-30-14-24)19-9-8-16-6-4-5-7-18(16)12-19/h4-7,10-11,13,15,19H,8-9,12,14H2,1-3H3,(H,25,27). The van der Waals surface area contributed by atoms with Gasteiger partial charge in [-0.1, -0.05) is 35.5 Å². The highest BCUT2D eigenvalue weighted by Crippen LogP contribution is 2.30. The summed E-state index contributed by atoms with van der Waals surface area (Å²) < 4.78 is 23.2. The van der Waals surface area contributed by atoms with Crippen molar-refractivity contribution in [1.82, 2.24) is 5.32 Å². The fraction of sp³-hybridized carbons (Fsp3) is 0.391. The first-order valence-electron chi connectivity index (χ1n) is 9.92. The van der Waals surface area contributed by atoms with Crippen LogP contribution in [0.2, 0.25) is 0 Å². The molecule has 0 saturated heterocycles. The largest absolute Gasteiger partial charge is 0.493 e. The van der Waals surface area contributed by atoms with Gasteiger partial charge in [-0.2, -0.15) is 0 Å². The first kappa shape index (κ1) is 21.6. The number of hydrogen-bond acceptors (Lipinski definition) is 5. The Kier molecular flexibility index (Phi) is 7.27. The zero-order valence-electron chi connectivity index (χ0n) is 17.5. The maximum atomic E-state index is 13.0. The van der Waals surface area contributed by atoms with Gasteiger partial charge in [0.05, 0.1) is 20.3 Å². The molecule has 1 aliphatic carbocycles. The molecule has 2 aromatic carbocycles. The molecule has 3 rings (SSSR count). The third-order valence-electron chi connectivity index (χ3n) is 5.43. The van der Waals surface area contributed by atoms with E-state index in [2.05, 4.69) is 27.4 Å². The Balaban J connectivity index is 1.76. The summed E-state index contributed by atoms with van der Waals surface area (Å²) in [7, 11) is 3.13. The van der Waals surface area contributed by atoms with Crippen LogP contribution in [0.4, 0.5) is 4.39 Å². The Labute approximate surface area is 176 Å². The fourth-order valence-electron chi connectivity index (χ4n) is 3.80. The molecule has 30 heavy (non-hydrogen) atoms. The van der Waals surface area contributed by atoms with Crippen molar-refractivity contribution in [3.63, 3.8) is 0 Å². The summed E-state index contributed by atoms with van der Waals surface area (Å²) in [6.07, 6.45) is 2.26. The molecular weight excluding hydrogens is 387 g/mol. The quantitative estimate of drug-likeness (QED) is 0.524. The van der Waals surface area contributed by atoms with Gasteiger partial charge in [0, 0.05) is 5.92 Å². The van der Waals surface area contributed by atoms with Crippen molar-refractivity contribution < 1.29 is 23.5 Å².